The summed E-state index contributed by atoms with van der Waals surface area (Å²) in [6.07, 6.45) is 8.40. The minimum absolute atomic E-state index is 0.0332. The van der Waals surface area contributed by atoms with Crippen LogP contribution in [-0.4, -0.2) is 113 Å². The predicted octanol–water partition coefficient (Wildman–Crippen LogP) is 8.56. The Hall–Kier alpha value is -6.13. The van der Waals surface area contributed by atoms with Gasteiger partial charge >= 0.3 is 5.97 Å². The Morgan fingerprint density at radius 3 is 2.25 bits per heavy atom. The number of hydrazine groups is 1. The zero-order valence-corrected chi connectivity index (χ0v) is 46.3. The minimum atomic E-state index is -2.55. The lowest BCUT2D eigenvalue weighted by atomic mass is 9.84. The molecule has 2 aromatic carbocycles. The molecular formula is C57H77N7O8Si. The van der Waals surface area contributed by atoms with Crippen LogP contribution in [0, 0.1) is 11.3 Å². The van der Waals surface area contributed by atoms with Gasteiger partial charge in [0, 0.05) is 73.0 Å². The summed E-state index contributed by atoms with van der Waals surface area (Å²) in [7, 11) is -1.09. The van der Waals surface area contributed by atoms with Gasteiger partial charge in [-0.25, -0.2) is 5.43 Å². The maximum absolute atomic E-state index is 15.1. The van der Waals surface area contributed by atoms with E-state index in [-0.39, 0.29) is 36.2 Å². The molecular weight excluding hydrogens is 939 g/mol. The van der Waals surface area contributed by atoms with Crippen LogP contribution < -0.4 is 15.2 Å². The van der Waals surface area contributed by atoms with Crippen LogP contribution in [0.25, 0.3) is 33.3 Å². The van der Waals surface area contributed by atoms with Crippen molar-refractivity contribution in [3.63, 3.8) is 0 Å². The number of cyclic esters (lactones) is 1. The van der Waals surface area contributed by atoms with E-state index in [1.807, 2.05) is 18.5 Å². The standard InChI is InChI=1S/C57H77N7O8Si/c1-14-39-22-23-58-31-45(39)53-44-30-57(11,12)33-71-56(70)46-17-16-24-64(60-46)55(69)47(59-54(68)52(34(3)4)61(13)51(67)32-63-49(65)20-21-50(63)66)27-38-25-41(40-18-19-48(43(44)29-40)62(53)15-2)28-42(26-38)72-73(35(5)6,36(7)8)37(9)10/h18-23,25-26,28-29,31,34-37,46-47,52,60H,14-17,24,27,30,32-33H2,1-13H3,(H,59,68)/t46-,47-,52-/m0/s1. The molecule has 3 aliphatic rings. The molecule has 5 heterocycles. The van der Waals surface area contributed by atoms with Gasteiger partial charge in [0.1, 0.15) is 30.4 Å². The Bertz CT molecular complexity index is 2760. The molecule has 2 aromatic heterocycles. The fraction of sp³-hybridized carbons (Fsp3) is 0.526. The number of hydrogen-bond acceptors (Lipinski definition) is 10. The molecule has 1 saturated heterocycles. The van der Waals surface area contributed by atoms with Crippen LogP contribution in [0.15, 0.2) is 67.0 Å². The predicted molar refractivity (Wildman–Crippen MR) is 287 cm³/mol. The van der Waals surface area contributed by atoms with Crippen LogP contribution in [0.1, 0.15) is 113 Å². The Labute approximate surface area is 432 Å². The van der Waals surface area contributed by atoms with Crippen molar-refractivity contribution in [3.8, 4) is 28.1 Å². The Balaban J connectivity index is 1.42. The first kappa shape index (κ1) is 54.6. The normalized spacial score (nSPS) is 19.0. The Morgan fingerprint density at radius 1 is 0.932 bits per heavy atom. The van der Waals surface area contributed by atoms with E-state index < -0.39 is 79.8 Å². The summed E-state index contributed by atoms with van der Waals surface area (Å²) in [4.78, 5) is 89.3. The zero-order valence-electron chi connectivity index (χ0n) is 45.3. The van der Waals surface area contributed by atoms with E-state index >= 15 is 4.79 Å². The number of hydrogen-bond donors (Lipinski definition) is 2. The van der Waals surface area contributed by atoms with E-state index in [4.69, 9.17) is 9.16 Å². The summed E-state index contributed by atoms with van der Waals surface area (Å²) in [5.74, 6) is -3.13. The summed E-state index contributed by atoms with van der Waals surface area (Å²) in [6, 6.07) is 11.7. The topological polar surface area (TPSA) is 172 Å². The van der Waals surface area contributed by atoms with Crippen LogP contribution in [0.3, 0.4) is 0 Å². The highest BCUT2D eigenvalue weighted by Crippen LogP contribution is 2.45. The van der Waals surface area contributed by atoms with E-state index in [0.717, 1.165) is 67.9 Å². The van der Waals surface area contributed by atoms with Crippen LogP contribution in [0.2, 0.25) is 16.6 Å². The van der Waals surface area contributed by atoms with E-state index in [1.54, 1.807) is 13.8 Å². The van der Waals surface area contributed by atoms with Crippen LogP contribution >= 0.6 is 0 Å². The molecule has 0 aliphatic carbocycles. The van der Waals surface area contributed by atoms with Gasteiger partial charge in [-0.15, -0.1) is 0 Å². The first-order valence-electron chi connectivity index (χ1n) is 26.3. The molecule has 3 aliphatic heterocycles. The molecule has 0 spiro atoms. The lowest BCUT2D eigenvalue weighted by molar-refractivity contribution is -0.155. The number of rotatable bonds is 14. The van der Waals surface area contributed by atoms with Crippen molar-refractivity contribution < 1.29 is 37.9 Å². The highest BCUT2D eigenvalue weighted by atomic mass is 28.4. The molecule has 2 N–H and O–H groups in total. The van der Waals surface area contributed by atoms with Crippen molar-refractivity contribution in [2.24, 2.45) is 11.3 Å². The molecule has 392 valence electrons. The number of nitrogens with one attached hydrogen (secondary N) is 2. The maximum Gasteiger partial charge on any atom is 0.324 e. The number of imide groups is 1. The number of esters is 1. The summed E-state index contributed by atoms with van der Waals surface area (Å²) < 4.78 is 16.0. The van der Waals surface area contributed by atoms with E-state index in [0.29, 0.717) is 31.6 Å². The number of amides is 5. The first-order chi connectivity index (χ1) is 34.5. The van der Waals surface area contributed by atoms with Gasteiger partial charge in [0.2, 0.25) is 11.8 Å². The second-order valence-electron chi connectivity index (χ2n) is 22.3. The van der Waals surface area contributed by atoms with Gasteiger partial charge in [-0.1, -0.05) is 88.3 Å². The SMILES string of the molecule is CCc1ccncc1-c1c2c3cc(ccc3n1CC)-c1cc(cc(O[Si](C(C)C)(C(C)C)C(C)C)c1)C[C@H](NC(=O)[C@H](C(C)C)N(C)C(=O)CN1C(=O)C=CC1=O)C(=O)N1CCC[C@H](N1)C(=O)OCC(C)(C)C2. The first-order valence-corrected chi connectivity index (χ1v) is 28.4. The van der Waals surface area contributed by atoms with Gasteiger partial charge in [-0.3, -0.25) is 43.7 Å². The molecule has 6 bridgehead atoms. The molecule has 15 nitrogen and oxygen atoms in total. The zero-order chi connectivity index (χ0) is 53.3. The fourth-order valence-electron chi connectivity index (χ4n) is 11.7. The van der Waals surface area contributed by atoms with Crippen molar-refractivity contribution >= 4 is 54.7 Å². The van der Waals surface area contributed by atoms with Gasteiger partial charge in [0.05, 0.1) is 12.3 Å². The molecule has 5 amide bonds. The van der Waals surface area contributed by atoms with Crippen molar-refractivity contribution in [2.75, 3.05) is 26.7 Å². The highest BCUT2D eigenvalue weighted by molar-refractivity contribution is 6.78. The number of ether oxygens (including phenoxy) is 1. The molecule has 7 rings (SSSR count). The quantitative estimate of drug-likeness (QED) is 0.0708. The van der Waals surface area contributed by atoms with Crippen molar-refractivity contribution in [1.29, 1.82) is 0 Å². The lowest BCUT2D eigenvalue weighted by Gasteiger charge is -2.42. The third-order valence-corrected chi connectivity index (χ3v) is 21.3. The monoisotopic (exact) mass is 1020 g/mol. The van der Waals surface area contributed by atoms with Crippen LogP contribution in [0.5, 0.6) is 5.75 Å². The van der Waals surface area contributed by atoms with Crippen molar-refractivity contribution in [2.45, 2.75) is 156 Å². The van der Waals surface area contributed by atoms with Crippen LogP contribution in [-0.2, 0) is 59.3 Å². The highest BCUT2D eigenvalue weighted by Gasteiger charge is 2.47. The summed E-state index contributed by atoms with van der Waals surface area (Å²) >= 11 is 0. The molecule has 0 unspecified atom stereocenters. The minimum Gasteiger partial charge on any atom is -0.543 e. The van der Waals surface area contributed by atoms with Crippen molar-refractivity contribution in [3.05, 3.63) is 83.7 Å². The van der Waals surface area contributed by atoms with E-state index in [2.05, 4.69) is 126 Å². The molecule has 16 heteroatoms. The van der Waals surface area contributed by atoms with Gasteiger partial charge in [-0.2, -0.15) is 0 Å². The van der Waals surface area contributed by atoms with E-state index in [9.17, 15) is 24.0 Å². The molecule has 73 heavy (non-hydrogen) atoms. The third kappa shape index (κ3) is 11.2. The fourth-order valence-corrected chi connectivity index (χ4v) is 17.0. The molecule has 3 atom stereocenters. The third-order valence-electron chi connectivity index (χ3n) is 15.3. The number of aryl methyl sites for hydroxylation is 2. The Morgan fingerprint density at radius 2 is 1.62 bits per heavy atom. The van der Waals surface area contributed by atoms with E-state index in [1.165, 1.54) is 22.5 Å². The largest absolute Gasteiger partial charge is 0.543 e. The van der Waals surface area contributed by atoms with Gasteiger partial charge in [-0.05, 0) is 113 Å². The number of nitrogens with zero attached hydrogens (tertiary/aromatic N) is 5. The molecule has 0 saturated carbocycles. The van der Waals surface area contributed by atoms with Crippen LogP contribution in [0.4, 0.5) is 0 Å². The number of aromatic nitrogens is 2. The lowest BCUT2D eigenvalue weighted by Crippen LogP contribution is -2.62. The Kier molecular flexibility index (Phi) is 16.6. The average Bonchev–Trinajstić information content (AvgIpc) is 3.83. The number of carbonyl (C=O) groups is 6. The average molecular weight is 1020 g/mol. The second kappa shape index (κ2) is 22.1. The van der Waals surface area contributed by atoms with Gasteiger partial charge in [0.25, 0.3) is 26.0 Å². The molecule has 4 aromatic rings. The molecule has 1 fully saturated rings. The van der Waals surface area contributed by atoms with Gasteiger partial charge < -0.3 is 23.9 Å². The summed E-state index contributed by atoms with van der Waals surface area (Å²) in [5.41, 5.74) is 11.6. The maximum atomic E-state index is 15.1. The number of fused-ring (bicyclic) bond motifs is 6. The number of likely N-dealkylation sites (N-methyl/N-ethyl adjacent to an activating group) is 1. The number of benzene rings is 2. The summed E-state index contributed by atoms with van der Waals surface area (Å²) in [6.45, 7) is 26.1. The van der Waals surface area contributed by atoms with Gasteiger partial charge in [0.15, 0.2) is 0 Å². The summed E-state index contributed by atoms with van der Waals surface area (Å²) in [5, 5.41) is 5.54. The number of carbonyl (C=O) groups excluding carboxylic acids is 6. The second-order valence-corrected chi connectivity index (χ2v) is 27.7. The smallest absolute Gasteiger partial charge is 0.324 e. The van der Waals surface area contributed by atoms with Crippen molar-refractivity contribution in [1.82, 2.24) is 35.1 Å². The number of pyridine rings is 1. The molecule has 0 radical (unpaired) electrons.